The molecule has 8 heteroatoms. The van der Waals surface area contributed by atoms with Gasteiger partial charge in [0.1, 0.15) is 12.6 Å². The van der Waals surface area contributed by atoms with Crippen molar-refractivity contribution in [3.63, 3.8) is 0 Å². The molecule has 33 heavy (non-hydrogen) atoms. The van der Waals surface area contributed by atoms with Crippen LogP contribution in [0.3, 0.4) is 0 Å². The largest absolute Gasteiger partial charge is 0.480 e. The summed E-state index contributed by atoms with van der Waals surface area (Å²) in [4.78, 5) is 37.4. The maximum atomic E-state index is 12.4. The number of nitrogens with one attached hydrogen (secondary N) is 1. The molecule has 2 atom stereocenters. The van der Waals surface area contributed by atoms with Gasteiger partial charge in [0.25, 0.3) is 0 Å². The number of carbonyl (C=O) groups is 3. The number of alkyl carbamates (subject to hydrolysis) is 1. The van der Waals surface area contributed by atoms with E-state index in [4.69, 9.17) is 4.74 Å². The molecule has 0 bridgehead atoms. The van der Waals surface area contributed by atoms with E-state index in [1.807, 2.05) is 31.2 Å². The first kappa shape index (κ1) is 23.2. The Morgan fingerprint density at radius 1 is 1.12 bits per heavy atom. The summed E-state index contributed by atoms with van der Waals surface area (Å²) in [7, 11) is 0. The maximum Gasteiger partial charge on any atom is 0.407 e. The van der Waals surface area contributed by atoms with E-state index in [0.29, 0.717) is 24.6 Å². The lowest BCUT2D eigenvalue weighted by Crippen LogP contribution is -2.41. The van der Waals surface area contributed by atoms with E-state index >= 15 is 0 Å². The van der Waals surface area contributed by atoms with Gasteiger partial charge in [0.05, 0.1) is 5.88 Å². The van der Waals surface area contributed by atoms with Crippen molar-refractivity contribution in [3.05, 3.63) is 59.7 Å². The van der Waals surface area contributed by atoms with Gasteiger partial charge in [-0.3, -0.25) is 4.79 Å². The Hall–Kier alpha value is -3.00. The number of carboxylic acids is 1. The second-order valence-corrected chi connectivity index (χ2v) is 9.57. The van der Waals surface area contributed by atoms with E-state index in [2.05, 4.69) is 29.6 Å². The van der Waals surface area contributed by atoms with E-state index < -0.39 is 18.1 Å². The normalized spacial score (nSPS) is 17.8. The van der Waals surface area contributed by atoms with Gasteiger partial charge in [-0.1, -0.05) is 55.5 Å². The fraction of sp³-hybridized carbons (Fsp3) is 0.400. The Morgan fingerprint density at radius 3 is 2.39 bits per heavy atom. The van der Waals surface area contributed by atoms with Crippen LogP contribution in [0.4, 0.5) is 4.79 Å². The Bertz CT molecular complexity index is 997. The SMILES string of the molecule is CC(CCC(=O)N1CSC[C@H]1C(=O)O)CNC(=O)OCC1c2ccccc2-c2ccccc21. The van der Waals surface area contributed by atoms with Crippen molar-refractivity contribution in [2.24, 2.45) is 5.92 Å². The minimum Gasteiger partial charge on any atom is -0.480 e. The third-order valence-electron chi connectivity index (χ3n) is 6.28. The van der Waals surface area contributed by atoms with Crippen LogP contribution in [0, 0.1) is 5.92 Å². The molecular formula is C25H28N2O5S. The van der Waals surface area contributed by atoms with Crippen LogP contribution >= 0.6 is 11.8 Å². The average Bonchev–Trinajstić information content (AvgIpc) is 3.43. The highest BCUT2D eigenvalue weighted by molar-refractivity contribution is 7.99. The predicted octanol–water partition coefficient (Wildman–Crippen LogP) is 3.93. The molecule has 1 aliphatic heterocycles. The molecule has 4 rings (SSSR count). The Labute approximate surface area is 197 Å². The van der Waals surface area contributed by atoms with Gasteiger partial charge < -0.3 is 20.1 Å². The fourth-order valence-corrected chi connectivity index (χ4v) is 5.59. The summed E-state index contributed by atoms with van der Waals surface area (Å²) in [6, 6.07) is 15.6. The molecule has 174 valence electrons. The number of nitrogens with zero attached hydrogens (tertiary/aromatic N) is 1. The minimum atomic E-state index is -0.960. The lowest BCUT2D eigenvalue weighted by atomic mass is 9.98. The monoisotopic (exact) mass is 468 g/mol. The molecular weight excluding hydrogens is 440 g/mol. The second-order valence-electron chi connectivity index (χ2n) is 8.57. The minimum absolute atomic E-state index is 0.0127. The number of carboxylic acid groups (broad SMARTS) is 1. The highest BCUT2D eigenvalue weighted by Crippen LogP contribution is 2.44. The highest BCUT2D eigenvalue weighted by Gasteiger charge is 2.34. The average molecular weight is 469 g/mol. The molecule has 1 saturated heterocycles. The topological polar surface area (TPSA) is 95.9 Å². The quantitative estimate of drug-likeness (QED) is 0.610. The molecule has 2 aromatic carbocycles. The fourth-order valence-electron chi connectivity index (χ4n) is 4.42. The van der Waals surface area contributed by atoms with Gasteiger partial charge in [-0.25, -0.2) is 9.59 Å². The zero-order valence-electron chi connectivity index (χ0n) is 18.5. The van der Waals surface area contributed by atoms with Crippen LogP contribution in [-0.2, 0) is 14.3 Å². The number of fused-ring (bicyclic) bond motifs is 3. The lowest BCUT2D eigenvalue weighted by Gasteiger charge is -2.21. The van der Waals surface area contributed by atoms with Crippen molar-refractivity contribution in [2.45, 2.75) is 31.7 Å². The number of amides is 2. The van der Waals surface area contributed by atoms with E-state index in [-0.39, 0.29) is 30.8 Å². The van der Waals surface area contributed by atoms with Crippen molar-refractivity contribution in [3.8, 4) is 11.1 Å². The number of hydrogen-bond donors (Lipinski definition) is 2. The first-order valence-electron chi connectivity index (χ1n) is 11.1. The van der Waals surface area contributed by atoms with Crippen LogP contribution in [0.15, 0.2) is 48.5 Å². The van der Waals surface area contributed by atoms with Crippen molar-refractivity contribution >= 4 is 29.7 Å². The van der Waals surface area contributed by atoms with Gasteiger partial charge in [-0.2, -0.15) is 0 Å². The molecule has 1 heterocycles. The van der Waals surface area contributed by atoms with Crippen LogP contribution in [0.25, 0.3) is 11.1 Å². The molecule has 0 saturated carbocycles. The van der Waals surface area contributed by atoms with E-state index in [1.54, 1.807) is 0 Å². The van der Waals surface area contributed by atoms with E-state index in [9.17, 15) is 19.5 Å². The van der Waals surface area contributed by atoms with Crippen molar-refractivity contribution < 1.29 is 24.2 Å². The van der Waals surface area contributed by atoms with Crippen molar-refractivity contribution in [2.75, 3.05) is 24.8 Å². The first-order valence-corrected chi connectivity index (χ1v) is 12.3. The standard InChI is InChI=1S/C25H28N2O5S/c1-16(10-11-23(28)27-15-33-14-22(27)24(29)30)12-26-25(31)32-13-21-19-8-4-2-6-17(19)18-7-3-5-9-20(18)21/h2-9,16,21-22H,10-15H2,1H3,(H,26,31)(H,29,30)/t16?,22-/m0/s1. The number of thioether (sulfide) groups is 1. The Morgan fingerprint density at radius 2 is 1.76 bits per heavy atom. The second kappa shape index (κ2) is 10.3. The van der Waals surface area contributed by atoms with Gasteiger partial charge >= 0.3 is 12.1 Å². The van der Waals surface area contributed by atoms with Gasteiger partial charge in [0, 0.05) is 24.6 Å². The number of rotatable bonds is 8. The summed E-state index contributed by atoms with van der Waals surface area (Å²) in [6.45, 7) is 2.60. The summed E-state index contributed by atoms with van der Waals surface area (Å²) in [5.74, 6) is -0.187. The smallest absolute Gasteiger partial charge is 0.407 e. The van der Waals surface area contributed by atoms with Gasteiger partial charge in [0.15, 0.2) is 0 Å². The molecule has 2 aromatic rings. The zero-order valence-corrected chi connectivity index (χ0v) is 19.3. The molecule has 2 amide bonds. The highest BCUT2D eigenvalue weighted by atomic mass is 32.2. The third kappa shape index (κ3) is 5.16. The zero-order chi connectivity index (χ0) is 23.4. The van der Waals surface area contributed by atoms with Crippen molar-refractivity contribution in [1.29, 1.82) is 0 Å². The number of carbonyl (C=O) groups excluding carboxylic acids is 2. The van der Waals surface area contributed by atoms with Crippen LogP contribution < -0.4 is 5.32 Å². The summed E-state index contributed by atoms with van der Waals surface area (Å²) < 4.78 is 5.54. The first-order chi connectivity index (χ1) is 16.0. The van der Waals surface area contributed by atoms with Gasteiger partial charge in [-0.15, -0.1) is 11.8 Å². The number of benzene rings is 2. The number of aliphatic carboxylic acids is 1. The molecule has 0 radical (unpaired) electrons. The molecule has 1 unspecified atom stereocenters. The molecule has 0 spiro atoms. The van der Waals surface area contributed by atoms with Gasteiger partial charge in [-0.05, 0) is 34.6 Å². The molecule has 1 fully saturated rings. The van der Waals surface area contributed by atoms with E-state index in [1.165, 1.54) is 27.8 Å². The summed E-state index contributed by atoms with van der Waals surface area (Å²) >= 11 is 1.45. The molecule has 0 aromatic heterocycles. The molecule has 2 N–H and O–H groups in total. The van der Waals surface area contributed by atoms with Crippen LogP contribution in [0.2, 0.25) is 0 Å². The Balaban J connectivity index is 1.22. The van der Waals surface area contributed by atoms with Crippen molar-refractivity contribution in [1.82, 2.24) is 10.2 Å². The van der Waals surface area contributed by atoms with Crippen LogP contribution in [0.1, 0.15) is 36.8 Å². The maximum absolute atomic E-state index is 12.4. The Kier molecular flexibility index (Phi) is 7.23. The molecule has 2 aliphatic rings. The summed E-state index contributed by atoms with van der Waals surface area (Å²) in [6.07, 6.45) is 0.352. The van der Waals surface area contributed by atoms with Gasteiger partial charge in [0.2, 0.25) is 5.91 Å². The predicted molar refractivity (Wildman–Crippen MR) is 127 cm³/mol. The molecule has 1 aliphatic carbocycles. The summed E-state index contributed by atoms with van der Waals surface area (Å²) in [5.41, 5.74) is 4.69. The number of hydrogen-bond acceptors (Lipinski definition) is 5. The lowest BCUT2D eigenvalue weighted by molar-refractivity contribution is -0.147. The molecule has 7 nitrogen and oxygen atoms in total. The number of ether oxygens (including phenoxy) is 1. The van der Waals surface area contributed by atoms with Crippen LogP contribution in [-0.4, -0.2) is 58.8 Å². The van der Waals surface area contributed by atoms with E-state index in [0.717, 1.165) is 11.1 Å². The van der Waals surface area contributed by atoms with Crippen LogP contribution in [0.5, 0.6) is 0 Å². The summed E-state index contributed by atoms with van der Waals surface area (Å²) in [5, 5.41) is 12.0. The third-order valence-corrected chi connectivity index (χ3v) is 7.29.